The van der Waals surface area contributed by atoms with Crippen LogP contribution in [-0.2, 0) is 14.6 Å². The molecule has 0 saturated heterocycles. The largest absolute Gasteiger partial charge is 0.501 e. The van der Waals surface area contributed by atoms with Gasteiger partial charge in [-0.1, -0.05) is 12.1 Å². The fourth-order valence-electron chi connectivity index (χ4n) is 1.85. The lowest BCUT2D eigenvalue weighted by atomic mass is 10.1. The average molecular weight is 323 g/mol. The summed E-state index contributed by atoms with van der Waals surface area (Å²) in [6.45, 7) is -0.118. The lowest BCUT2D eigenvalue weighted by Gasteiger charge is -2.16. The lowest BCUT2D eigenvalue weighted by molar-refractivity contribution is -0.142. The highest BCUT2D eigenvalue weighted by molar-refractivity contribution is 7.92. The molecule has 1 aliphatic carbocycles. The molecule has 1 aliphatic rings. The molecule has 0 spiro atoms. The van der Waals surface area contributed by atoms with Gasteiger partial charge in [0.2, 0.25) is 0 Å². The van der Waals surface area contributed by atoms with Gasteiger partial charge in [0.1, 0.15) is 0 Å². The summed E-state index contributed by atoms with van der Waals surface area (Å²) in [5.41, 5.74) is -6.67. The Kier molecular flexibility index (Phi) is 3.64. The van der Waals surface area contributed by atoms with Crippen LogP contribution in [0.3, 0.4) is 0 Å². The number of benzene rings is 1. The van der Waals surface area contributed by atoms with Crippen LogP contribution in [0.5, 0.6) is 0 Å². The summed E-state index contributed by atoms with van der Waals surface area (Å²) in [7, 11) is -5.48. The van der Waals surface area contributed by atoms with Crippen molar-refractivity contribution in [3.05, 3.63) is 24.3 Å². The fourth-order valence-corrected chi connectivity index (χ4v) is 2.79. The lowest BCUT2D eigenvalue weighted by Crippen LogP contribution is -2.27. The highest BCUT2D eigenvalue weighted by atomic mass is 32.2. The van der Waals surface area contributed by atoms with Crippen LogP contribution in [-0.4, -0.2) is 31.5 Å². The molecule has 9 heteroatoms. The minimum Gasteiger partial charge on any atom is -0.481 e. The maximum atomic E-state index is 12.6. The first kappa shape index (κ1) is 15.6. The van der Waals surface area contributed by atoms with E-state index in [1.165, 1.54) is 18.2 Å². The maximum Gasteiger partial charge on any atom is 0.501 e. The Morgan fingerprint density at radius 1 is 1.29 bits per heavy atom. The van der Waals surface area contributed by atoms with Gasteiger partial charge >= 0.3 is 11.5 Å². The van der Waals surface area contributed by atoms with E-state index in [0.717, 1.165) is 6.07 Å². The second-order valence-electron chi connectivity index (χ2n) is 4.88. The van der Waals surface area contributed by atoms with Crippen LogP contribution < -0.4 is 5.32 Å². The Labute approximate surface area is 118 Å². The van der Waals surface area contributed by atoms with E-state index in [4.69, 9.17) is 5.11 Å². The number of para-hydroxylation sites is 1. The number of anilines is 1. The molecular weight excluding hydrogens is 311 g/mol. The minimum absolute atomic E-state index is 0.118. The van der Waals surface area contributed by atoms with Crippen LogP contribution in [0, 0.1) is 5.41 Å². The van der Waals surface area contributed by atoms with Crippen molar-refractivity contribution in [2.24, 2.45) is 5.41 Å². The predicted octanol–water partition coefficient (Wildman–Crippen LogP) is 2.26. The highest BCUT2D eigenvalue weighted by Gasteiger charge is 2.51. The van der Waals surface area contributed by atoms with Crippen molar-refractivity contribution in [3.8, 4) is 0 Å². The molecule has 2 N–H and O–H groups in total. The van der Waals surface area contributed by atoms with E-state index in [1.54, 1.807) is 0 Å². The number of hydrogen-bond acceptors (Lipinski definition) is 4. The first-order chi connectivity index (χ1) is 9.60. The Morgan fingerprint density at radius 2 is 1.86 bits per heavy atom. The number of hydrogen-bond donors (Lipinski definition) is 2. The zero-order valence-corrected chi connectivity index (χ0v) is 11.5. The summed E-state index contributed by atoms with van der Waals surface area (Å²) < 4.78 is 60.7. The van der Waals surface area contributed by atoms with Crippen molar-refractivity contribution in [2.45, 2.75) is 23.2 Å². The van der Waals surface area contributed by atoms with E-state index in [9.17, 15) is 26.4 Å². The molecule has 1 aromatic carbocycles. The van der Waals surface area contributed by atoms with Gasteiger partial charge in [-0.15, -0.1) is 0 Å². The van der Waals surface area contributed by atoms with Crippen molar-refractivity contribution in [3.63, 3.8) is 0 Å². The summed E-state index contributed by atoms with van der Waals surface area (Å²) in [4.78, 5) is 10.1. The molecule has 0 radical (unpaired) electrons. The van der Waals surface area contributed by atoms with Gasteiger partial charge in [-0.05, 0) is 25.0 Å². The molecule has 1 saturated carbocycles. The standard InChI is InChI=1S/C12H12F3NO4S/c13-12(14,15)21(19,20)9-4-2-1-3-8(9)16-7-11(5-6-11)10(17)18/h1-4,16H,5-7H2,(H,17,18). The summed E-state index contributed by atoms with van der Waals surface area (Å²) >= 11 is 0. The zero-order valence-electron chi connectivity index (χ0n) is 10.6. The van der Waals surface area contributed by atoms with Crippen LogP contribution in [0.15, 0.2) is 29.2 Å². The second kappa shape index (κ2) is 4.90. The third-order valence-corrected chi connectivity index (χ3v) is 4.95. The Bertz CT molecular complexity index is 665. The van der Waals surface area contributed by atoms with E-state index in [1.807, 2.05) is 0 Å². The summed E-state index contributed by atoms with van der Waals surface area (Å²) in [6.07, 6.45) is 0.813. The number of carboxylic acid groups (broad SMARTS) is 1. The number of sulfone groups is 1. The first-order valence-corrected chi connectivity index (χ1v) is 7.46. The van der Waals surface area contributed by atoms with Crippen LogP contribution in [0.1, 0.15) is 12.8 Å². The monoisotopic (exact) mass is 323 g/mol. The van der Waals surface area contributed by atoms with E-state index in [0.29, 0.717) is 12.8 Å². The van der Waals surface area contributed by atoms with Crippen molar-refractivity contribution >= 4 is 21.5 Å². The second-order valence-corrected chi connectivity index (χ2v) is 6.79. The molecule has 0 amide bonds. The molecule has 0 bridgehead atoms. The van der Waals surface area contributed by atoms with Gasteiger partial charge in [0.05, 0.1) is 16.0 Å². The summed E-state index contributed by atoms with van der Waals surface area (Å²) in [5.74, 6) is -1.05. The molecular formula is C12H12F3NO4S. The molecule has 1 fully saturated rings. The number of carbonyl (C=O) groups is 1. The number of carboxylic acids is 1. The molecule has 2 rings (SSSR count). The molecule has 21 heavy (non-hydrogen) atoms. The fraction of sp³-hybridized carbons (Fsp3) is 0.417. The smallest absolute Gasteiger partial charge is 0.481 e. The van der Waals surface area contributed by atoms with Crippen molar-refractivity contribution in [1.29, 1.82) is 0 Å². The van der Waals surface area contributed by atoms with E-state index < -0.39 is 31.6 Å². The first-order valence-electron chi connectivity index (χ1n) is 5.98. The summed E-state index contributed by atoms with van der Waals surface area (Å²) in [6, 6.07) is 4.56. The van der Waals surface area contributed by atoms with Crippen LogP contribution in [0.2, 0.25) is 0 Å². The van der Waals surface area contributed by atoms with Gasteiger partial charge in [-0.25, -0.2) is 8.42 Å². The zero-order chi connectivity index (χ0) is 15.9. The van der Waals surface area contributed by atoms with Crippen molar-refractivity contribution in [1.82, 2.24) is 0 Å². The van der Waals surface area contributed by atoms with Crippen molar-refractivity contribution in [2.75, 3.05) is 11.9 Å². The number of halogens is 3. The van der Waals surface area contributed by atoms with E-state index in [2.05, 4.69) is 5.32 Å². The van der Waals surface area contributed by atoms with Gasteiger partial charge in [0.15, 0.2) is 0 Å². The maximum absolute atomic E-state index is 12.6. The SMILES string of the molecule is O=C(O)C1(CNc2ccccc2S(=O)(=O)C(F)(F)F)CC1. The quantitative estimate of drug-likeness (QED) is 0.868. The average Bonchev–Trinajstić information content (AvgIpc) is 3.16. The number of alkyl halides is 3. The highest BCUT2D eigenvalue weighted by Crippen LogP contribution is 2.46. The van der Waals surface area contributed by atoms with Gasteiger partial charge in [-0.2, -0.15) is 13.2 Å². The molecule has 0 unspecified atom stereocenters. The third kappa shape index (κ3) is 2.82. The molecule has 0 atom stereocenters. The van der Waals surface area contributed by atoms with Crippen molar-refractivity contribution < 1.29 is 31.5 Å². The van der Waals surface area contributed by atoms with E-state index in [-0.39, 0.29) is 12.2 Å². The molecule has 0 aliphatic heterocycles. The topological polar surface area (TPSA) is 83.5 Å². The van der Waals surface area contributed by atoms with Crippen LogP contribution in [0.25, 0.3) is 0 Å². The normalized spacial score (nSPS) is 17.3. The number of nitrogens with one attached hydrogen (secondary N) is 1. The molecule has 0 heterocycles. The van der Waals surface area contributed by atoms with Gasteiger partial charge < -0.3 is 10.4 Å². The van der Waals surface area contributed by atoms with Gasteiger partial charge in [0.25, 0.3) is 9.84 Å². The Morgan fingerprint density at radius 3 is 2.33 bits per heavy atom. The third-order valence-electron chi connectivity index (χ3n) is 3.41. The molecule has 5 nitrogen and oxygen atoms in total. The summed E-state index contributed by atoms with van der Waals surface area (Å²) in [5, 5.41) is 11.5. The molecule has 1 aromatic rings. The van der Waals surface area contributed by atoms with Crippen LogP contribution in [0.4, 0.5) is 18.9 Å². The van der Waals surface area contributed by atoms with Gasteiger partial charge in [-0.3, -0.25) is 4.79 Å². The van der Waals surface area contributed by atoms with Gasteiger partial charge in [0, 0.05) is 6.54 Å². The molecule has 0 aromatic heterocycles. The Hall–Kier alpha value is -1.77. The Balaban J connectivity index is 2.29. The number of rotatable bonds is 5. The van der Waals surface area contributed by atoms with Crippen LogP contribution >= 0.6 is 0 Å². The minimum atomic E-state index is -5.48. The van der Waals surface area contributed by atoms with E-state index >= 15 is 0 Å². The predicted molar refractivity (Wildman–Crippen MR) is 67.5 cm³/mol. The molecule has 116 valence electrons. The number of aliphatic carboxylic acids is 1.